The van der Waals surface area contributed by atoms with Crippen LogP contribution in [0, 0.1) is 0 Å². The number of thiazole rings is 1. The topological polar surface area (TPSA) is 249 Å². The van der Waals surface area contributed by atoms with E-state index in [9.17, 15) is 37.3 Å². The standard InChI is InChI=1S/C23H33N9O9S2/c1-23(2,21(36)37)41-29-17(15-12-42-22(24)26-15)19(34)27-18-16(31(20(18)35)43(38,39)40)11-30-25-10-13(28-30)6-7-14(33)8-9-32(3,4)5/h10,12,16,18H,6-9,11H2,1-5H3,(H4-,24,26,27,34,36,37,38,39,40)/p+1/b29-17-/t16-,18+/m1/s1. The van der Waals surface area contributed by atoms with Crippen LogP contribution in [-0.2, 0) is 47.3 Å². The van der Waals surface area contributed by atoms with E-state index in [1.165, 1.54) is 25.4 Å². The molecule has 0 bridgehead atoms. The molecule has 1 saturated heterocycles. The summed E-state index contributed by atoms with van der Waals surface area (Å²) >= 11 is 0.951. The molecule has 5 N–H and O–H groups in total. The number of hydrogen-bond donors (Lipinski definition) is 4. The molecule has 18 nitrogen and oxygen atoms in total. The average molecular weight is 645 g/mol. The predicted molar refractivity (Wildman–Crippen MR) is 151 cm³/mol. The molecule has 2 amide bonds. The van der Waals surface area contributed by atoms with Crippen molar-refractivity contribution >= 4 is 56.1 Å². The van der Waals surface area contributed by atoms with Gasteiger partial charge in [-0.3, -0.25) is 18.9 Å². The van der Waals surface area contributed by atoms with Crippen molar-refractivity contribution in [1.82, 2.24) is 29.6 Å². The average Bonchev–Trinajstić information content (AvgIpc) is 3.52. The molecule has 0 spiro atoms. The molecule has 0 radical (unpaired) electrons. The van der Waals surface area contributed by atoms with Crippen molar-refractivity contribution in [1.29, 1.82) is 0 Å². The van der Waals surface area contributed by atoms with Crippen molar-refractivity contribution in [3.63, 3.8) is 0 Å². The zero-order valence-corrected chi connectivity index (χ0v) is 25.8. The molecule has 0 unspecified atom stereocenters. The van der Waals surface area contributed by atoms with E-state index in [2.05, 4.69) is 25.7 Å². The molecule has 43 heavy (non-hydrogen) atoms. The summed E-state index contributed by atoms with van der Waals surface area (Å²) in [6, 6.07) is -2.84. The minimum absolute atomic E-state index is 0.0440. The highest BCUT2D eigenvalue weighted by molar-refractivity contribution is 7.84. The van der Waals surface area contributed by atoms with Gasteiger partial charge in [0, 0.05) is 11.8 Å². The van der Waals surface area contributed by atoms with E-state index in [1.807, 2.05) is 21.1 Å². The number of anilines is 1. The maximum atomic E-state index is 13.2. The summed E-state index contributed by atoms with van der Waals surface area (Å²) < 4.78 is 34.3. The van der Waals surface area contributed by atoms with Gasteiger partial charge < -0.3 is 25.5 Å². The highest BCUT2D eigenvalue weighted by Crippen LogP contribution is 2.25. The molecule has 3 rings (SSSR count). The van der Waals surface area contributed by atoms with E-state index in [0.29, 0.717) is 23.1 Å². The highest BCUT2D eigenvalue weighted by Gasteiger charge is 2.54. The van der Waals surface area contributed by atoms with E-state index in [1.54, 1.807) is 0 Å². The van der Waals surface area contributed by atoms with E-state index < -0.39 is 51.5 Å². The number of β-lactam (4-membered cyclic amide) rings is 1. The summed E-state index contributed by atoms with van der Waals surface area (Å²) in [6.07, 6.45) is 2.29. The fraction of sp³-hybridized carbons (Fsp3) is 0.565. The first kappa shape index (κ1) is 33.5. The van der Waals surface area contributed by atoms with Gasteiger partial charge >= 0.3 is 16.3 Å². The van der Waals surface area contributed by atoms with Gasteiger partial charge in [-0.25, -0.2) is 14.1 Å². The second kappa shape index (κ2) is 12.7. The van der Waals surface area contributed by atoms with Crippen LogP contribution in [0.25, 0.3) is 0 Å². The molecule has 0 saturated carbocycles. The van der Waals surface area contributed by atoms with Gasteiger partial charge in [0.1, 0.15) is 23.6 Å². The number of Topliss-reactive ketones (excluding diaryl/α,β-unsaturated/α-hetero) is 1. The number of nitrogens with one attached hydrogen (secondary N) is 1. The lowest BCUT2D eigenvalue weighted by atomic mass is 9.98. The zero-order valence-electron chi connectivity index (χ0n) is 24.1. The first-order valence-corrected chi connectivity index (χ1v) is 15.1. The highest BCUT2D eigenvalue weighted by atomic mass is 32.2. The minimum atomic E-state index is -5.02. The zero-order chi connectivity index (χ0) is 32.3. The van der Waals surface area contributed by atoms with Gasteiger partial charge in [0.25, 0.3) is 11.8 Å². The lowest BCUT2D eigenvalue weighted by molar-refractivity contribution is -0.869. The van der Waals surface area contributed by atoms with E-state index in [4.69, 9.17) is 10.6 Å². The summed E-state index contributed by atoms with van der Waals surface area (Å²) in [4.78, 5) is 59.6. The number of nitrogens with two attached hydrogens (primary N) is 1. The fourth-order valence-electron chi connectivity index (χ4n) is 3.71. The largest absolute Gasteiger partial charge is 0.478 e. The summed E-state index contributed by atoms with van der Waals surface area (Å²) in [5.41, 5.74) is 3.62. The smallest absolute Gasteiger partial charge is 0.362 e. The number of aryl methyl sites for hydroxylation is 1. The van der Waals surface area contributed by atoms with Crippen LogP contribution in [0.1, 0.15) is 38.1 Å². The van der Waals surface area contributed by atoms with Crippen molar-refractivity contribution in [3.8, 4) is 0 Å². The molecule has 0 aliphatic carbocycles. The van der Waals surface area contributed by atoms with Crippen LogP contribution in [-0.4, -0.2) is 121 Å². The number of hydrogen-bond acceptors (Lipinski definition) is 13. The monoisotopic (exact) mass is 644 g/mol. The number of carbonyl (C=O) groups excluding carboxylic acids is 3. The SMILES string of the molecule is CC(C)(O/N=C(\C(=O)N[C@@H]1C(=O)N(S(=O)(=O)O)[C@@H]1Cn1ncc(CCC(=O)CC[N+](C)(C)C)n1)c1csc(N)n1)C(=O)O. The van der Waals surface area contributed by atoms with Gasteiger partial charge in [-0.15, -0.1) is 11.3 Å². The molecule has 0 aromatic carbocycles. The number of carboxylic acid groups (broad SMARTS) is 1. The van der Waals surface area contributed by atoms with Crippen LogP contribution >= 0.6 is 11.3 Å². The Bertz CT molecular complexity index is 1530. The predicted octanol–water partition coefficient (Wildman–Crippen LogP) is -1.30. The maximum absolute atomic E-state index is 13.2. The molecule has 20 heteroatoms. The number of quaternary nitrogens is 1. The van der Waals surface area contributed by atoms with Gasteiger partial charge in [-0.05, 0) is 20.3 Å². The number of carboxylic acids is 1. The Morgan fingerprint density at radius 2 is 1.93 bits per heavy atom. The summed E-state index contributed by atoms with van der Waals surface area (Å²) in [6.45, 7) is 2.69. The first-order chi connectivity index (χ1) is 19.8. The van der Waals surface area contributed by atoms with Crippen LogP contribution < -0.4 is 11.1 Å². The number of nitrogens with zero attached hydrogens (tertiary/aromatic N) is 7. The second-order valence-electron chi connectivity index (χ2n) is 11.2. The third-order valence-corrected chi connectivity index (χ3v) is 7.84. The summed E-state index contributed by atoms with van der Waals surface area (Å²) in [7, 11) is 0.910. The Labute approximate surface area is 250 Å². The molecule has 2 aromatic heterocycles. The number of aliphatic carboxylic acids is 1. The Morgan fingerprint density at radius 1 is 1.26 bits per heavy atom. The molecule has 2 atom stereocenters. The first-order valence-electron chi connectivity index (χ1n) is 12.8. The van der Waals surface area contributed by atoms with Gasteiger partial charge in [-0.1, -0.05) is 5.16 Å². The molecular formula is C23H34N9O9S2+. The molecular weight excluding hydrogens is 610 g/mol. The molecule has 1 aliphatic rings. The van der Waals surface area contributed by atoms with Gasteiger partial charge in [0.15, 0.2) is 10.8 Å². The number of carbonyl (C=O) groups is 4. The normalized spacial score (nSPS) is 17.9. The van der Waals surface area contributed by atoms with Gasteiger partial charge in [-0.2, -0.15) is 23.4 Å². The Hall–Kier alpha value is -4.01. The number of rotatable bonds is 15. The Morgan fingerprint density at radius 3 is 2.49 bits per heavy atom. The van der Waals surface area contributed by atoms with Crippen molar-refractivity contribution in [2.75, 3.05) is 33.4 Å². The second-order valence-corrected chi connectivity index (χ2v) is 13.4. The van der Waals surface area contributed by atoms with E-state index in [0.717, 1.165) is 16.1 Å². The number of ketones is 1. The van der Waals surface area contributed by atoms with Crippen LogP contribution in [0.4, 0.5) is 5.13 Å². The summed E-state index contributed by atoms with van der Waals surface area (Å²) in [5.74, 6) is -3.56. The van der Waals surface area contributed by atoms with Crippen molar-refractivity contribution in [3.05, 3.63) is 23.0 Å². The van der Waals surface area contributed by atoms with Crippen molar-refractivity contribution in [2.24, 2.45) is 5.16 Å². The van der Waals surface area contributed by atoms with E-state index >= 15 is 0 Å². The number of amides is 2. The number of oxime groups is 1. The summed E-state index contributed by atoms with van der Waals surface area (Å²) in [5, 5.41) is 25.0. The maximum Gasteiger partial charge on any atom is 0.362 e. The molecule has 1 fully saturated rings. The van der Waals surface area contributed by atoms with Crippen molar-refractivity contribution < 1.29 is 46.6 Å². The minimum Gasteiger partial charge on any atom is -0.478 e. The number of nitrogen functional groups attached to an aromatic ring is 1. The fourth-order valence-corrected chi connectivity index (χ4v) is 5.12. The molecule has 1 aliphatic heterocycles. The molecule has 236 valence electrons. The Kier molecular flexibility index (Phi) is 9.89. The third kappa shape index (κ3) is 8.75. The number of aromatic nitrogens is 4. The quantitative estimate of drug-likeness (QED) is 0.0579. The lowest BCUT2D eigenvalue weighted by Gasteiger charge is -2.43. The van der Waals surface area contributed by atoms with Gasteiger partial charge in [0.05, 0.1) is 52.5 Å². The Balaban J connectivity index is 1.77. The lowest BCUT2D eigenvalue weighted by Crippen LogP contribution is -2.73. The van der Waals surface area contributed by atoms with Crippen LogP contribution in [0.3, 0.4) is 0 Å². The van der Waals surface area contributed by atoms with Crippen LogP contribution in [0.15, 0.2) is 16.7 Å². The molecule has 3 heterocycles. The van der Waals surface area contributed by atoms with Gasteiger partial charge in [0.2, 0.25) is 5.60 Å². The third-order valence-electron chi connectivity index (χ3n) is 6.22. The van der Waals surface area contributed by atoms with Crippen molar-refractivity contribution in [2.45, 2.75) is 57.3 Å². The van der Waals surface area contributed by atoms with Crippen LogP contribution in [0.2, 0.25) is 0 Å². The van der Waals surface area contributed by atoms with E-state index in [-0.39, 0.29) is 40.3 Å². The molecule has 2 aromatic rings. The van der Waals surface area contributed by atoms with Crippen LogP contribution in [0.5, 0.6) is 0 Å².